The Bertz CT molecular complexity index is 759. The number of hydrogen-bond acceptors (Lipinski definition) is 5. The first-order valence-corrected chi connectivity index (χ1v) is 9.79. The number of hydrogen-bond donors (Lipinski definition) is 3. The molecule has 3 rings (SSSR count). The number of benzene rings is 1. The Balaban J connectivity index is 1.69. The van der Waals surface area contributed by atoms with Crippen LogP contribution in [0, 0.1) is 0 Å². The zero-order valence-corrected chi connectivity index (χ0v) is 14.6. The van der Waals surface area contributed by atoms with Crippen LogP contribution in [-0.4, -0.2) is 56.8 Å². The smallest absolute Gasteiger partial charge is 0.243 e. The number of amides is 2. The molecule has 0 spiro atoms. The minimum atomic E-state index is -3.77. The zero-order valence-electron chi connectivity index (χ0n) is 13.8. The summed E-state index contributed by atoms with van der Waals surface area (Å²) < 4.78 is 26.5. The number of nitrogens with zero attached hydrogens (tertiary/aromatic N) is 1. The second-order valence-electron chi connectivity index (χ2n) is 6.26. The van der Waals surface area contributed by atoms with E-state index in [2.05, 4.69) is 16.0 Å². The van der Waals surface area contributed by atoms with Gasteiger partial charge in [-0.2, -0.15) is 4.31 Å². The second-order valence-corrected chi connectivity index (χ2v) is 8.20. The van der Waals surface area contributed by atoms with E-state index in [0.717, 1.165) is 23.7 Å². The molecule has 0 radical (unpaired) electrons. The highest BCUT2D eigenvalue weighted by atomic mass is 32.2. The molecule has 25 heavy (non-hydrogen) atoms. The molecule has 136 valence electrons. The van der Waals surface area contributed by atoms with E-state index in [-0.39, 0.29) is 35.8 Å². The number of sulfonamides is 1. The van der Waals surface area contributed by atoms with Gasteiger partial charge in [-0.3, -0.25) is 9.59 Å². The van der Waals surface area contributed by atoms with Crippen molar-refractivity contribution < 1.29 is 18.0 Å². The fraction of sp³-hybridized carbons (Fsp3) is 0.500. The first kappa shape index (κ1) is 17.8. The highest BCUT2D eigenvalue weighted by Crippen LogP contribution is 2.20. The number of anilines is 1. The van der Waals surface area contributed by atoms with Gasteiger partial charge >= 0.3 is 0 Å². The molecule has 9 heteroatoms. The lowest BCUT2D eigenvalue weighted by atomic mass is 10.1. The summed E-state index contributed by atoms with van der Waals surface area (Å²) in [6.45, 7) is 1.27. The number of piperazine rings is 1. The van der Waals surface area contributed by atoms with Crippen molar-refractivity contribution in [1.82, 2.24) is 14.9 Å². The standard InChI is InChI=1S/C16H22N4O4S/c21-15(10-12-4-2-6-17-12)19-13-3-1-5-14(9-13)25(23,24)20-8-7-18-16(22)11-20/h1,3,5,9,12,17H,2,4,6-8,10-11H2,(H,18,22)(H,19,21). The third-order valence-electron chi connectivity index (χ3n) is 4.35. The average Bonchev–Trinajstić information content (AvgIpc) is 3.08. The molecule has 0 aliphatic carbocycles. The summed E-state index contributed by atoms with van der Waals surface area (Å²) in [6.07, 6.45) is 2.40. The van der Waals surface area contributed by atoms with Gasteiger partial charge < -0.3 is 16.0 Å². The fourth-order valence-electron chi connectivity index (χ4n) is 3.07. The van der Waals surface area contributed by atoms with E-state index in [1.165, 1.54) is 12.1 Å². The summed E-state index contributed by atoms with van der Waals surface area (Å²) in [4.78, 5) is 23.6. The number of carbonyl (C=O) groups excluding carboxylic acids is 2. The van der Waals surface area contributed by atoms with Crippen LogP contribution in [-0.2, 0) is 19.6 Å². The maximum atomic E-state index is 12.7. The third kappa shape index (κ3) is 4.36. The summed E-state index contributed by atoms with van der Waals surface area (Å²) in [5.74, 6) is -0.463. The van der Waals surface area contributed by atoms with Crippen LogP contribution < -0.4 is 16.0 Å². The molecule has 0 aromatic heterocycles. The van der Waals surface area contributed by atoms with Crippen LogP contribution in [0.15, 0.2) is 29.2 Å². The molecule has 2 amide bonds. The molecule has 1 atom stereocenters. The zero-order chi connectivity index (χ0) is 17.9. The highest BCUT2D eigenvalue weighted by molar-refractivity contribution is 7.89. The molecule has 0 bridgehead atoms. The van der Waals surface area contributed by atoms with Gasteiger partial charge in [-0.15, -0.1) is 0 Å². The lowest BCUT2D eigenvalue weighted by Crippen LogP contribution is -2.49. The fourth-order valence-corrected chi connectivity index (χ4v) is 4.51. The van der Waals surface area contributed by atoms with Crippen LogP contribution in [0.25, 0.3) is 0 Å². The van der Waals surface area contributed by atoms with Crippen molar-refractivity contribution in [3.05, 3.63) is 24.3 Å². The van der Waals surface area contributed by atoms with Gasteiger partial charge in [0, 0.05) is 31.2 Å². The van der Waals surface area contributed by atoms with Gasteiger partial charge in [0.2, 0.25) is 21.8 Å². The van der Waals surface area contributed by atoms with Gasteiger partial charge in [0.25, 0.3) is 0 Å². The van der Waals surface area contributed by atoms with E-state index < -0.39 is 10.0 Å². The van der Waals surface area contributed by atoms with Gasteiger partial charge in [-0.05, 0) is 37.6 Å². The predicted molar refractivity (Wildman–Crippen MR) is 92.5 cm³/mol. The van der Waals surface area contributed by atoms with Gasteiger partial charge in [0.1, 0.15) is 0 Å². The van der Waals surface area contributed by atoms with Crippen molar-refractivity contribution in [2.24, 2.45) is 0 Å². The SMILES string of the molecule is O=C1CN(S(=O)(=O)c2cccc(NC(=O)CC3CCCN3)c2)CCN1. The molecule has 2 saturated heterocycles. The monoisotopic (exact) mass is 366 g/mol. The van der Waals surface area contributed by atoms with Gasteiger partial charge in [0.15, 0.2) is 0 Å². The predicted octanol–water partition coefficient (Wildman–Crippen LogP) is -0.112. The highest BCUT2D eigenvalue weighted by Gasteiger charge is 2.29. The molecule has 1 unspecified atom stereocenters. The van der Waals surface area contributed by atoms with Crippen LogP contribution in [0.3, 0.4) is 0 Å². The van der Waals surface area contributed by atoms with Crippen molar-refractivity contribution in [2.75, 3.05) is 31.5 Å². The molecule has 1 aromatic carbocycles. The molecule has 8 nitrogen and oxygen atoms in total. The maximum absolute atomic E-state index is 12.7. The van der Waals surface area contributed by atoms with Gasteiger partial charge in [0.05, 0.1) is 11.4 Å². The Hall–Kier alpha value is -1.97. The molecular formula is C16H22N4O4S. The molecular weight excluding hydrogens is 344 g/mol. The summed E-state index contributed by atoms with van der Waals surface area (Å²) in [5.41, 5.74) is 0.436. The van der Waals surface area contributed by atoms with E-state index in [4.69, 9.17) is 0 Å². The first-order chi connectivity index (χ1) is 11.9. The Labute approximate surface area is 147 Å². The molecule has 2 aliphatic rings. The topological polar surface area (TPSA) is 108 Å². The largest absolute Gasteiger partial charge is 0.354 e. The summed E-state index contributed by atoms with van der Waals surface area (Å²) in [5, 5.41) is 8.61. The first-order valence-electron chi connectivity index (χ1n) is 8.35. The van der Waals surface area contributed by atoms with Crippen molar-refractivity contribution in [1.29, 1.82) is 0 Å². The van der Waals surface area contributed by atoms with Crippen LogP contribution in [0.5, 0.6) is 0 Å². The second kappa shape index (κ2) is 7.51. The molecule has 2 fully saturated rings. The number of nitrogens with one attached hydrogen (secondary N) is 3. The molecule has 2 heterocycles. The van der Waals surface area contributed by atoms with E-state index >= 15 is 0 Å². The molecule has 0 saturated carbocycles. The maximum Gasteiger partial charge on any atom is 0.243 e. The van der Waals surface area contributed by atoms with Crippen molar-refractivity contribution >= 4 is 27.5 Å². The Morgan fingerprint density at radius 3 is 2.88 bits per heavy atom. The Morgan fingerprint density at radius 1 is 1.32 bits per heavy atom. The Kier molecular flexibility index (Phi) is 5.36. The average molecular weight is 366 g/mol. The van der Waals surface area contributed by atoms with E-state index in [1.54, 1.807) is 12.1 Å². The van der Waals surface area contributed by atoms with Gasteiger partial charge in [-0.25, -0.2) is 8.42 Å². The minimum Gasteiger partial charge on any atom is -0.354 e. The Morgan fingerprint density at radius 2 is 2.16 bits per heavy atom. The minimum absolute atomic E-state index is 0.0685. The number of carbonyl (C=O) groups is 2. The third-order valence-corrected chi connectivity index (χ3v) is 6.19. The lowest BCUT2D eigenvalue weighted by Gasteiger charge is -2.26. The molecule has 1 aromatic rings. The van der Waals surface area contributed by atoms with Crippen LogP contribution in [0.4, 0.5) is 5.69 Å². The van der Waals surface area contributed by atoms with Gasteiger partial charge in [-0.1, -0.05) is 6.07 Å². The lowest BCUT2D eigenvalue weighted by molar-refractivity contribution is -0.122. The molecule has 3 N–H and O–H groups in total. The summed E-state index contributed by atoms with van der Waals surface area (Å²) in [7, 11) is -3.77. The van der Waals surface area contributed by atoms with Crippen molar-refractivity contribution in [3.63, 3.8) is 0 Å². The van der Waals surface area contributed by atoms with Crippen LogP contribution >= 0.6 is 0 Å². The van der Waals surface area contributed by atoms with E-state index in [9.17, 15) is 18.0 Å². The molecule has 2 aliphatic heterocycles. The summed E-state index contributed by atoms with van der Waals surface area (Å²) >= 11 is 0. The summed E-state index contributed by atoms with van der Waals surface area (Å²) in [6, 6.07) is 6.32. The van der Waals surface area contributed by atoms with E-state index in [0.29, 0.717) is 18.7 Å². The van der Waals surface area contributed by atoms with E-state index in [1.807, 2.05) is 0 Å². The normalized spacial score (nSPS) is 21.8. The van der Waals surface area contributed by atoms with Crippen molar-refractivity contribution in [3.8, 4) is 0 Å². The quantitative estimate of drug-likeness (QED) is 0.674. The van der Waals surface area contributed by atoms with Crippen LogP contribution in [0.2, 0.25) is 0 Å². The van der Waals surface area contributed by atoms with Crippen molar-refractivity contribution in [2.45, 2.75) is 30.2 Å². The van der Waals surface area contributed by atoms with Crippen LogP contribution in [0.1, 0.15) is 19.3 Å². The number of rotatable bonds is 5.